The lowest BCUT2D eigenvalue weighted by molar-refractivity contribution is 0.182. The van der Waals surface area contributed by atoms with E-state index in [1.165, 1.54) is 19.3 Å². The van der Waals surface area contributed by atoms with Crippen LogP contribution in [-0.4, -0.2) is 24.0 Å². The molecule has 0 heterocycles. The summed E-state index contributed by atoms with van der Waals surface area (Å²) in [6.45, 7) is 0. The lowest BCUT2D eigenvalue weighted by atomic mass is 9.94. The van der Waals surface area contributed by atoms with Gasteiger partial charge in [0, 0.05) is 13.1 Å². The van der Waals surface area contributed by atoms with E-state index in [0.717, 1.165) is 24.2 Å². The molecule has 0 aromatic heterocycles. The van der Waals surface area contributed by atoms with Crippen LogP contribution in [0.4, 0.5) is 16.2 Å². The zero-order chi connectivity index (χ0) is 16.1. The third kappa shape index (κ3) is 3.55. The van der Waals surface area contributed by atoms with Gasteiger partial charge in [-0.1, -0.05) is 55.7 Å². The molecule has 1 aliphatic carbocycles. The molecule has 0 spiro atoms. The average Bonchev–Trinajstić information content (AvgIpc) is 2.64. The topological polar surface area (TPSA) is 23.6 Å². The highest BCUT2D eigenvalue weighted by atomic mass is 16.2. The van der Waals surface area contributed by atoms with Crippen LogP contribution in [-0.2, 0) is 0 Å². The largest absolute Gasteiger partial charge is 0.329 e. The average molecular weight is 308 g/mol. The Morgan fingerprint density at radius 3 is 1.78 bits per heavy atom. The summed E-state index contributed by atoms with van der Waals surface area (Å²) < 4.78 is 0. The molecule has 3 heteroatoms. The van der Waals surface area contributed by atoms with Gasteiger partial charge in [0.05, 0.1) is 11.4 Å². The zero-order valence-electron chi connectivity index (χ0n) is 13.7. The molecule has 23 heavy (non-hydrogen) atoms. The molecule has 0 saturated heterocycles. The minimum atomic E-state index is 0.0503. The third-order valence-corrected chi connectivity index (χ3v) is 4.64. The maximum Gasteiger partial charge on any atom is 0.329 e. The van der Waals surface area contributed by atoms with E-state index >= 15 is 0 Å². The summed E-state index contributed by atoms with van der Waals surface area (Å²) in [5, 5.41) is 0. The summed E-state index contributed by atoms with van der Waals surface area (Å²) in [6.07, 6.45) is 5.96. The molecule has 0 atom stereocenters. The molecule has 0 radical (unpaired) electrons. The predicted octanol–water partition coefficient (Wildman–Crippen LogP) is 5.21. The molecule has 0 aliphatic heterocycles. The van der Waals surface area contributed by atoms with Gasteiger partial charge >= 0.3 is 6.03 Å². The van der Waals surface area contributed by atoms with Crippen molar-refractivity contribution >= 4 is 17.4 Å². The molecule has 0 unspecified atom stereocenters. The molecule has 0 bridgehead atoms. The Morgan fingerprint density at radius 2 is 1.30 bits per heavy atom. The molecule has 1 fully saturated rings. The fourth-order valence-electron chi connectivity index (χ4n) is 3.31. The van der Waals surface area contributed by atoms with Crippen LogP contribution in [0.2, 0.25) is 0 Å². The molecule has 2 amide bonds. The van der Waals surface area contributed by atoms with Gasteiger partial charge in [-0.3, -0.25) is 4.90 Å². The lowest BCUT2D eigenvalue weighted by Crippen LogP contribution is -2.45. The second kappa shape index (κ2) is 7.32. The Labute approximate surface area is 138 Å². The molecule has 0 N–H and O–H groups in total. The van der Waals surface area contributed by atoms with Crippen molar-refractivity contribution in [1.82, 2.24) is 4.90 Å². The van der Waals surface area contributed by atoms with Crippen LogP contribution < -0.4 is 4.90 Å². The molecule has 3 nitrogen and oxygen atoms in total. The Balaban J connectivity index is 1.90. The number of para-hydroxylation sites is 2. The summed E-state index contributed by atoms with van der Waals surface area (Å²) in [5.74, 6) is 0. The van der Waals surface area contributed by atoms with E-state index in [1.54, 1.807) is 0 Å². The highest BCUT2D eigenvalue weighted by Gasteiger charge is 2.27. The summed E-state index contributed by atoms with van der Waals surface area (Å²) in [4.78, 5) is 16.9. The first kappa shape index (κ1) is 15.6. The van der Waals surface area contributed by atoms with E-state index in [9.17, 15) is 4.79 Å². The normalized spacial score (nSPS) is 15.2. The van der Waals surface area contributed by atoms with Crippen molar-refractivity contribution in [3.8, 4) is 0 Å². The number of hydrogen-bond donors (Lipinski definition) is 0. The fourth-order valence-corrected chi connectivity index (χ4v) is 3.31. The van der Waals surface area contributed by atoms with E-state index in [-0.39, 0.29) is 6.03 Å². The quantitative estimate of drug-likeness (QED) is 0.763. The molecule has 1 saturated carbocycles. The number of carbonyl (C=O) groups excluding carboxylic acids is 1. The van der Waals surface area contributed by atoms with E-state index in [1.807, 2.05) is 77.5 Å². The van der Waals surface area contributed by atoms with Crippen LogP contribution in [0.1, 0.15) is 32.1 Å². The number of benzene rings is 2. The van der Waals surface area contributed by atoms with Gasteiger partial charge in [-0.2, -0.15) is 0 Å². The van der Waals surface area contributed by atoms with Gasteiger partial charge < -0.3 is 4.90 Å². The van der Waals surface area contributed by atoms with Crippen LogP contribution in [0, 0.1) is 0 Å². The van der Waals surface area contributed by atoms with Crippen molar-refractivity contribution in [2.75, 3.05) is 11.9 Å². The number of anilines is 2. The van der Waals surface area contributed by atoms with E-state index < -0.39 is 0 Å². The maximum atomic E-state index is 13.2. The zero-order valence-corrected chi connectivity index (χ0v) is 13.7. The smallest absolute Gasteiger partial charge is 0.324 e. The van der Waals surface area contributed by atoms with Gasteiger partial charge in [-0.25, -0.2) is 4.79 Å². The minimum Gasteiger partial charge on any atom is -0.324 e. The van der Waals surface area contributed by atoms with Crippen LogP contribution >= 0.6 is 0 Å². The minimum absolute atomic E-state index is 0.0503. The molecule has 120 valence electrons. The number of amides is 2. The van der Waals surface area contributed by atoms with E-state index in [4.69, 9.17) is 0 Å². The highest BCUT2D eigenvalue weighted by Crippen LogP contribution is 2.29. The van der Waals surface area contributed by atoms with Crippen LogP contribution in [0.25, 0.3) is 0 Å². The van der Waals surface area contributed by atoms with Crippen molar-refractivity contribution in [1.29, 1.82) is 0 Å². The molecule has 1 aliphatic rings. The number of hydrogen-bond acceptors (Lipinski definition) is 1. The van der Waals surface area contributed by atoms with Gasteiger partial charge in [0.15, 0.2) is 0 Å². The van der Waals surface area contributed by atoms with Crippen molar-refractivity contribution < 1.29 is 4.79 Å². The Bertz CT molecular complexity index is 581. The van der Waals surface area contributed by atoms with Gasteiger partial charge in [0.25, 0.3) is 0 Å². The standard InChI is InChI=1S/C20H24N2O/c1-21(17-11-5-2-6-12-17)20(23)22(18-13-7-3-8-14-18)19-15-9-4-10-16-19/h3-4,7-10,13-17H,2,5-6,11-12H2,1H3. The van der Waals surface area contributed by atoms with Crippen LogP contribution in [0.15, 0.2) is 60.7 Å². The van der Waals surface area contributed by atoms with Crippen molar-refractivity contribution in [3.63, 3.8) is 0 Å². The summed E-state index contributed by atoms with van der Waals surface area (Å²) in [7, 11) is 1.94. The number of nitrogens with zero attached hydrogens (tertiary/aromatic N) is 2. The van der Waals surface area contributed by atoms with Crippen molar-refractivity contribution in [2.24, 2.45) is 0 Å². The van der Waals surface area contributed by atoms with Crippen molar-refractivity contribution in [3.05, 3.63) is 60.7 Å². The SMILES string of the molecule is CN(C(=O)N(c1ccccc1)c1ccccc1)C1CCCCC1. The lowest BCUT2D eigenvalue weighted by Gasteiger charge is -2.35. The summed E-state index contributed by atoms with van der Waals surface area (Å²) in [6, 6.07) is 20.2. The predicted molar refractivity (Wildman–Crippen MR) is 95.1 cm³/mol. The van der Waals surface area contributed by atoms with Gasteiger partial charge in [0.1, 0.15) is 0 Å². The van der Waals surface area contributed by atoms with Gasteiger partial charge in [-0.05, 0) is 37.1 Å². The van der Waals surface area contributed by atoms with Gasteiger partial charge in [-0.15, -0.1) is 0 Å². The third-order valence-electron chi connectivity index (χ3n) is 4.64. The molecule has 2 aromatic rings. The van der Waals surface area contributed by atoms with E-state index in [0.29, 0.717) is 6.04 Å². The molecular weight excluding hydrogens is 284 g/mol. The number of urea groups is 1. The first-order valence-electron chi connectivity index (χ1n) is 8.44. The first-order chi connectivity index (χ1) is 11.3. The van der Waals surface area contributed by atoms with Gasteiger partial charge in [0.2, 0.25) is 0 Å². The second-order valence-electron chi connectivity index (χ2n) is 6.19. The van der Waals surface area contributed by atoms with E-state index in [2.05, 4.69) is 0 Å². The first-order valence-corrected chi connectivity index (χ1v) is 8.44. The molecule has 2 aromatic carbocycles. The fraction of sp³-hybridized carbons (Fsp3) is 0.350. The molecule has 3 rings (SSSR count). The number of carbonyl (C=O) groups is 1. The summed E-state index contributed by atoms with van der Waals surface area (Å²) in [5.41, 5.74) is 1.82. The Hall–Kier alpha value is -2.29. The Kier molecular flexibility index (Phi) is 4.96. The second-order valence-corrected chi connectivity index (χ2v) is 6.19. The molecular formula is C20H24N2O. The van der Waals surface area contributed by atoms with Crippen LogP contribution in [0.3, 0.4) is 0 Å². The number of rotatable bonds is 3. The summed E-state index contributed by atoms with van der Waals surface area (Å²) >= 11 is 0. The van der Waals surface area contributed by atoms with Crippen molar-refractivity contribution in [2.45, 2.75) is 38.1 Å². The van der Waals surface area contributed by atoms with Crippen LogP contribution in [0.5, 0.6) is 0 Å². The monoisotopic (exact) mass is 308 g/mol. The maximum absolute atomic E-state index is 13.2. The Morgan fingerprint density at radius 1 is 0.826 bits per heavy atom. The highest BCUT2D eigenvalue weighted by molar-refractivity contribution is 5.99.